The molecule has 0 N–H and O–H groups in total. The summed E-state index contributed by atoms with van der Waals surface area (Å²) in [6.45, 7) is 2.85. The van der Waals surface area contributed by atoms with E-state index in [4.69, 9.17) is 9.47 Å². The van der Waals surface area contributed by atoms with Gasteiger partial charge in [-0.25, -0.2) is 4.39 Å². The number of carbonyl (C=O) groups is 1. The Labute approximate surface area is 130 Å². The van der Waals surface area contributed by atoms with Gasteiger partial charge in [0, 0.05) is 45.6 Å². The monoisotopic (exact) mass is 307 g/mol. The molecule has 120 valence electrons. The molecule has 0 spiro atoms. The van der Waals surface area contributed by atoms with Crippen LogP contribution >= 0.6 is 0 Å². The number of para-hydroxylation sites is 1. The van der Waals surface area contributed by atoms with Gasteiger partial charge in [0.1, 0.15) is 6.10 Å². The molecule has 0 radical (unpaired) electrons. The number of hydrogen-bond donors (Lipinski definition) is 0. The van der Waals surface area contributed by atoms with E-state index in [1.54, 1.807) is 18.2 Å². The van der Waals surface area contributed by atoms with Crippen molar-refractivity contribution in [2.75, 3.05) is 26.3 Å². The van der Waals surface area contributed by atoms with Gasteiger partial charge in [-0.05, 0) is 24.5 Å². The Kier molecular flexibility index (Phi) is 4.93. The van der Waals surface area contributed by atoms with E-state index in [0.29, 0.717) is 37.8 Å². The van der Waals surface area contributed by atoms with E-state index in [2.05, 4.69) is 0 Å². The molecule has 2 fully saturated rings. The fourth-order valence-electron chi connectivity index (χ4n) is 3.06. The Morgan fingerprint density at radius 1 is 1.27 bits per heavy atom. The lowest BCUT2D eigenvalue weighted by Gasteiger charge is -2.32. The van der Waals surface area contributed by atoms with Gasteiger partial charge < -0.3 is 14.4 Å². The number of ether oxygens (including phenoxy) is 2. The highest BCUT2D eigenvalue weighted by molar-refractivity contribution is 5.76. The molecule has 0 bridgehead atoms. The Morgan fingerprint density at radius 3 is 2.73 bits per heavy atom. The van der Waals surface area contributed by atoms with Gasteiger partial charge in [0.2, 0.25) is 5.91 Å². The zero-order valence-corrected chi connectivity index (χ0v) is 12.7. The summed E-state index contributed by atoms with van der Waals surface area (Å²) in [6.07, 6.45) is 3.05. The molecule has 22 heavy (non-hydrogen) atoms. The molecule has 0 aliphatic carbocycles. The van der Waals surface area contributed by atoms with Crippen molar-refractivity contribution in [1.82, 2.24) is 4.90 Å². The van der Waals surface area contributed by atoms with Gasteiger partial charge in [-0.15, -0.1) is 0 Å². The molecule has 1 amide bonds. The lowest BCUT2D eigenvalue weighted by Crippen LogP contribution is -2.42. The molecule has 0 saturated carbocycles. The molecule has 2 heterocycles. The van der Waals surface area contributed by atoms with Crippen LogP contribution in [0.25, 0.3) is 0 Å². The molecule has 2 saturated heterocycles. The predicted molar refractivity (Wildman–Crippen MR) is 80.2 cm³/mol. The molecular formula is C17H22FNO3. The minimum absolute atomic E-state index is 0.0178. The summed E-state index contributed by atoms with van der Waals surface area (Å²) in [5.41, 5.74) is 0. The molecule has 1 unspecified atom stereocenters. The summed E-state index contributed by atoms with van der Waals surface area (Å²) in [7, 11) is 0. The minimum Gasteiger partial charge on any atom is -0.487 e. The number of halogens is 1. The van der Waals surface area contributed by atoms with Crippen molar-refractivity contribution in [3.8, 4) is 5.75 Å². The standard InChI is InChI=1S/C17H22FNO3/c18-15-3-1-2-4-16(15)22-14-5-8-19(9-6-14)17(20)11-13-7-10-21-12-13/h1-4,13-14H,5-12H2. The first kappa shape index (κ1) is 15.3. The van der Waals surface area contributed by atoms with E-state index in [0.717, 1.165) is 25.9 Å². The van der Waals surface area contributed by atoms with E-state index in [1.165, 1.54) is 6.07 Å². The van der Waals surface area contributed by atoms with E-state index in [9.17, 15) is 9.18 Å². The molecule has 1 aromatic rings. The van der Waals surface area contributed by atoms with E-state index < -0.39 is 0 Å². The lowest BCUT2D eigenvalue weighted by molar-refractivity contribution is -0.134. The van der Waals surface area contributed by atoms with Crippen molar-refractivity contribution in [3.63, 3.8) is 0 Å². The van der Waals surface area contributed by atoms with Crippen LogP contribution in [0, 0.1) is 11.7 Å². The average Bonchev–Trinajstić information content (AvgIpc) is 3.03. The average molecular weight is 307 g/mol. The second kappa shape index (κ2) is 7.09. The van der Waals surface area contributed by atoms with Crippen LogP contribution < -0.4 is 4.74 Å². The Morgan fingerprint density at radius 2 is 2.05 bits per heavy atom. The van der Waals surface area contributed by atoms with Gasteiger partial charge >= 0.3 is 0 Å². The quantitative estimate of drug-likeness (QED) is 0.858. The topological polar surface area (TPSA) is 38.8 Å². The Hall–Kier alpha value is -1.62. The second-order valence-corrected chi connectivity index (χ2v) is 6.06. The number of likely N-dealkylation sites (tertiary alicyclic amines) is 1. The predicted octanol–water partition coefficient (Wildman–Crippen LogP) is 2.62. The van der Waals surface area contributed by atoms with Crippen LogP contribution in [-0.2, 0) is 9.53 Å². The van der Waals surface area contributed by atoms with Crippen LogP contribution in [0.1, 0.15) is 25.7 Å². The number of hydrogen-bond acceptors (Lipinski definition) is 3. The number of rotatable bonds is 4. The number of piperidine rings is 1. The summed E-state index contributed by atoms with van der Waals surface area (Å²) in [5.74, 6) is 0.553. The third kappa shape index (κ3) is 3.77. The molecule has 1 atom stereocenters. The van der Waals surface area contributed by atoms with Crippen LogP contribution in [0.3, 0.4) is 0 Å². The first-order valence-corrected chi connectivity index (χ1v) is 7.99. The summed E-state index contributed by atoms with van der Waals surface area (Å²) in [5, 5.41) is 0. The summed E-state index contributed by atoms with van der Waals surface area (Å²) in [4.78, 5) is 14.1. The number of benzene rings is 1. The number of amides is 1. The zero-order valence-electron chi connectivity index (χ0n) is 12.7. The van der Waals surface area contributed by atoms with Gasteiger partial charge in [-0.2, -0.15) is 0 Å². The minimum atomic E-state index is -0.331. The van der Waals surface area contributed by atoms with Crippen molar-refractivity contribution >= 4 is 5.91 Å². The maximum Gasteiger partial charge on any atom is 0.222 e. The molecule has 1 aromatic carbocycles. The lowest BCUT2D eigenvalue weighted by atomic mass is 10.0. The van der Waals surface area contributed by atoms with E-state index in [1.807, 2.05) is 4.90 Å². The van der Waals surface area contributed by atoms with Crippen LogP contribution in [0.2, 0.25) is 0 Å². The highest BCUT2D eigenvalue weighted by Crippen LogP contribution is 2.23. The van der Waals surface area contributed by atoms with Crippen molar-refractivity contribution in [2.24, 2.45) is 5.92 Å². The Balaban J connectivity index is 1.45. The van der Waals surface area contributed by atoms with Crippen molar-refractivity contribution in [2.45, 2.75) is 31.8 Å². The van der Waals surface area contributed by atoms with Crippen LogP contribution in [0.4, 0.5) is 4.39 Å². The number of carbonyl (C=O) groups excluding carboxylic acids is 1. The fraction of sp³-hybridized carbons (Fsp3) is 0.588. The molecule has 4 nitrogen and oxygen atoms in total. The molecule has 0 aromatic heterocycles. The normalized spacial score (nSPS) is 22.8. The second-order valence-electron chi connectivity index (χ2n) is 6.06. The molecular weight excluding hydrogens is 285 g/mol. The SMILES string of the molecule is O=C(CC1CCOC1)N1CCC(Oc2ccccc2F)CC1. The van der Waals surface area contributed by atoms with Crippen molar-refractivity contribution in [1.29, 1.82) is 0 Å². The third-order valence-electron chi connectivity index (χ3n) is 4.41. The first-order chi connectivity index (χ1) is 10.7. The maximum atomic E-state index is 13.6. The zero-order chi connectivity index (χ0) is 15.4. The molecule has 3 rings (SSSR count). The highest BCUT2D eigenvalue weighted by Gasteiger charge is 2.27. The summed E-state index contributed by atoms with van der Waals surface area (Å²) >= 11 is 0. The summed E-state index contributed by atoms with van der Waals surface area (Å²) < 4.78 is 24.6. The van der Waals surface area contributed by atoms with Crippen molar-refractivity contribution in [3.05, 3.63) is 30.1 Å². The van der Waals surface area contributed by atoms with Gasteiger partial charge in [0.05, 0.1) is 0 Å². The molecule has 2 aliphatic rings. The fourth-order valence-corrected chi connectivity index (χ4v) is 3.06. The van der Waals surface area contributed by atoms with Gasteiger partial charge in [0.15, 0.2) is 11.6 Å². The Bertz CT molecular complexity index is 508. The number of nitrogens with zero attached hydrogens (tertiary/aromatic N) is 1. The molecule has 5 heteroatoms. The summed E-state index contributed by atoms with van der Waals surface area (Å²) in [6, 6.07) is 6.46. The van der Waals surface area contributed by atoms with Crippen LogP contribution in [0.15, 0.2) is 24.3 Å². The maximum absolute atomic E-state index is 13.6. The largest absolute Gasteiger partial charge is 0.487 e. The third-order valence-corrected chi connectivity index (χ3v) is 4.41. The van der Waals surface area contributed by atoms with Gasteiger partial charge in [-0.3, -0.25) is 4.79 Å². The van der Waals surface area contributed by atoms with E-state index >= 15 is 0 Å². The smallest absolute Gasteiger partial charge is 0.222 e. The van der Waals surface area contributed by atoms with Gasteiger partial charge in [-0.1, -0.05) is 12.1 Å². The van der Waals surface area contributed by atoms with Crippen molar-refractivity contribution < 1.29 is 18.7 Å². The van der Waals surface area contributed by atoms with Crippen LogP contribution in [0.5, 0.6) is 5.75 Å². The molecule has 2 aliphatic heterocycles. The highest BCUT2D eigenvalue weighted by atomic mass is 19.1. The first-order valence-electron chi connectivity index (χ1n) is 7.99. The van der Waals surface area contributed by atoms with Crippen LogP contribution in [-0.4, -0.2) is 43.2 Å². The van der Waals surface area contributed by atoms with Gasteiger partial charge in [0.25, 0.3) is 0 Å². The van der Waals surface area contributed by atoms with E-state index in [-0.39, 0.29) is 17.8 Å².